The molecule has 2 aliphatic heterocycles. The van der Waals surface area contributed by atoms with Gasteiger partial charge in [-0.15, -0.1) is 0 Å². The predicted octanol–water partition coefficient (Wildman–Crippen LogP) is 1.48. The summed E-state index contributed by atoms with van der Waals surface area (Å²) in [5.74, 6) is 0.0836. The molecule has 5 nitrogen and oxygen atoms in total. The molecule has 1 amide bonds. The Balaban J connectivity index is 1.27. The molecule has 1 saturated heterocycles. The molecule has 2 aromatic rings. The molecule has 4 rings (SSSR count). The molecule has 2 heterocycles. The van der Waals surface area contributed by atoms with Crippen LogP contribution in [-0.2, 0) is 29.0 Å². The Morgan fingerprint density at radius 1 is 1.10 bits per heavy atom. The lowest BCUT2D eigenvalue weighted by atomic mass is 9.99. The minimum atomic E-state index is 0.0836. The lowest BCUT2D eigenvalue weighted by Crippen LogP contribution is -3.12. The van der Waals surface area contributed by atoms with Crippen LogP contribution >= 0.6 is 0 Å². The van der Waals surface area contributed by atoms with Gasteiger partial charge in [-0.2, -0.15) is 0 Å². The van der Waals surface area contributed by atoms with Gasteiger partial charge in [0.1, 0.15) is 19.6 Å². The summed E-state index contributed by atoms with van der Waals surface area (Å²) in [4.78, 5) is 16.3. The van der Waals surface area contributed by atoms with Crippen molar-refractivity contribution in [3.8, 4) is 0 Å². The van der Waals surface area contributed by atoms with Crippen LogP contribution in [0.4, 0.5) is 5.69 Å². The molecule has 0 radical (unpaired) electrons. The summed E-state index contributed by atoms with van der Waals surface area (Å²) in [6.45, 7) is 9.01. The van der Waals surface area contributed by atoms with E-state index in [1.807, 2.05) is 0 Å². The summed E-state index contributed by atoms with van der Waals surface area (Å²) in [5.41, 5.74) is 6.36. The number of fused-ring (bicyclic) bond motifs is 1. The lowest BCUT2D eigenvalue weighted by molar-refractivity contribution is -0.921. The second kappa shape index (κ2) is 9.42. The van der Waals surface area contributed by atoms with Crippen LogP contribution in [0.2, 0.25) is 0 Å². The molecule has 0 aromatic heterocycles. The summed E-state index contributed by atoms with van der Waals surface area (Å²) in [6, 6.07) is 15.2. The fourth-order valence-electron chi connectivity index (χ4n) is 4.30. The number of morpholine rings is 1. The highest BCUT2D eigenvalue weighted by Gasteiger charge is 2.19. The molecule has 1 fully saturated rings. The lowest BCUT2D eigenvalue weighted by Gasteiger charge is -2.31. The number of ether oxygens (including phenoxy) is 1. The van der Waals surface area contributed by atoms with E-state index in [1.165, 1.54) is 22.4 Å². The van der Waals surface area contributed by atoms with Crippen molar-refractivity contribution in [3.63, 3.8) is 0 Å². The van der Waals surface area contributed by atoms with Crippen LogP contribution < -0.4 is 15.1 Å². The van der Waals surface area contributed by atoms with E-state index in [2.05, 4.69) is 59.6 Å². The van der Waals surface area contributed by atoms with Crippen molar-refractivity contribution in [2.24, 2.45) is 0 Å². The number of carbonyl (C=O) groups is 1. The third-order valence-corrected chi connectivity index (χ3v) is 5.95. The van der Waals surface area contributed by atoms with Crippen LogP contribution in [0.1, 0.15) is 28.7 Å². The fourth-order valence-corrected chi connectivity index (χ4v) is 4.30. The van der Waals surface area contributed by atoms with Crippen molar-refractivity contribution in [1.29, 1.82) is 0 Å². The van der Waals surface area contributed by atoms with Crippen LogP contribution in [0, 0.1) is 6.92 Å². The molecule has 0 atom stereocenters. The van der Waals surface area contributed by atoms with Crippen LogP contribution in [-0.4, -0.2) is 45.3 Å². The van der Waals surface area contributed by atoms with Gasteiger partial charge in [-0.3, -0.25) is 4.79 Å². The van der Waals surface area contributed by atoms with Gasteiger partial charge in [-0.05, 0) is 37.0 Å². The van der Waals surface area contributed by atoms with Crippen molar-refractivity contribution >= 4 is 11.6 Å². The first-order chi connectivity index (χ1) is 14.2. The van der Waals surface area contributed by atoms with E-state index in [9.17, 15) is 4.79 Å². The van der Waals surface area contributed by atoms with Gasteiger partial charge in [0.05, 0.1) is 19.8 Å². The largest absolute Gasteiger partial charge is 0.370 e. The van der Waals surface area contributed by atoms with Gasteiger partial charge in [-0.25, -0.2) is 0 Å². The van der Waals surface area contributed by atoms with Gasteiger partial charge < -0.3 is 19.9 Å². The molecule has 2 aliphatic rings. The minimum Gasteiger partial charge on any atom is -0.370 e. The average Bonchev–Trinajstić information content (AvgIpc) is 2.74. The Hall–Kier alpha value is -2.37. The summed E-state index contributed by atoms with van der Waals surface area (Å²) >= 11 is 0. The molecule has 0 bridgehead atoms. The zero-order valence-electron chi connectivity index (χ0n) is 17.4. The zero-order chi connectivity index (χ0) is 20.1. The standard InChI is InChI=1S/C24H31N3O2/c1-19-4-9-23-22(15-19)3-2-10-27(23)18-24(28)25-16-20-5-7-21(8-6-20)17-26-11-13-29-14-12-26/h4-9,15H,2-3,10-14,16-18H2,1H3,(H,25,28)/p+1. The minimum absolute atomic E-state index is 0.0836. The van der Waals surface area contributed by atoms with E-state index in [1.54, 1.807) is 4.90 Å². The number of carbonyl (C=O) groups excluding carboxylic acids is 1. The van der Waals surface area contributed by atoms with Gasteiger partial charge in [0, 0.05) is 24.3 Å². The smallest absolute Gasteiger partial charge is 0.239 e. The van der Waals surface area contributed by atoms with E-state index in [4.69, 9.17) is 4.74 Å². The molecule has 0 aliphatic carbocycles. The van der Waals surface area contributed by atoms with Crippen molar-refractivity contribution in [3.05, 3.63) is 64.7 Å². The van der Waals surface area contributed by atoms with Gasteiger partial charge in [-0.1, -0.05) is 42.0 Å². The maximum atomic E-state index is 12.5. The number of rotatable bonds is 6. The highest BCUT2D eigenvalue weighted by molar-refractivity contribution is 5.82. The maximum Gasteiger partial charge on any atom is 0.239 e. The van der Waals surface area contributed by atoms with E-state index in [-0.39, 0.29) is 5.91 Å². The van der Waals surface area contributed by atoms with Crippen LogP contribution in [0.15, 0.2) is 42.5 Å². The second-order valence-electron chi connectivity index (χ2n) is 8.29. The third kappa shape index (κ3) is 5.37. The molecular formula is C24H32N3O2+. The highest BCUT2D eigenvalue weighted by atomic mass is 16.5. The quantitative estimate of drug-likeness (QED) is 0.780. The molecule has 0 saturated carbocycles. The van der Waals surface area contributed by atoms with Crippen molar-refractivity contribution in [2.75, 3.05) is 44.3 Å². The highest BCUT2D eigenvalue weighted by Crippen LogP contribution is 2.27. The summed E-state index contributed by atoms with van der Waals surface area (Å²) < 4.78 is 5.43. The molecule has 2 N–H and O–H groups in total. The van der Waals surface area contributed by atoms with Crippen molar-refractivity contribution in [2.45, 2.75) is 32.9 Å². The second-order valence-corrected chi connectivity index (χ2v) is 8.29. The first-order valence-electron chi connectivity index (χ1n) is 10.8. The first-order valence-corrected chi connectivity index (χ1v) is 10.8. The first kappa shape index (κ1) is 19.9. The summed E-state index contributed by atoms with van der Waals surface area (Å²) in [5, 5.41) is 3.09. The molecular weight excluding hydrogens is 362 g/mol. The number of benzene rings is 2. The Labute approximate surface area is 173 Å². The average molecular weight is 395 g/mol. The Morgan fingerprint density at radius 3 is 2.66 bits per heavy atom. The van der Waals surface area contributed by atoms with E-state index >= 15 is 0 Å². The normalized spacial score (nSPS) is 17.1. The number of nitrogens with zero attached hydrogens (tertiary/aromatic N) is 1. The van der Waals surface area contributed by atoms with Gasteiger partial charge in [0.15, 0.2) is 0 Å². The maximum absolute atomic E-state index is 12.5. The summed E-state index contributed by atoms with van der Waals surface area (Å²) in [7, 11) is 0. The van der Waals surface area contributed by atoms with Gasteiger partial charge in [0.2, 0.25) is 5.91 Å². The topological polar surface area (TPSA) is 46.0 Å². The van der Waals surface area contributed by atoms with E-state index in [0.29, 0.717) is 13.1 Å². The van der Waals surface area contributed by atoms with Crippen LogP contribution in [0.3, 0.4) is 0 Å². The van der Waals surface area contributed by atoms with Gasteiger partial charge >= 0.3 is 0 Å². The number of aryl methyl sites for hydroxylation is 2. The van der Waals surface area contributed by atoms with E-state index in [0.717, 1.165) is 57.8 Å². The van der Waals surface area contributed by atoms with Crippen LogP contribution in [0.5, 0.6) is 0 Å². The monoisotopic (exact) mass is 394 g/mol. The Bertz CT molecular complexity index is 829. The number of nitrogens with one attached hydrogen (secondary N) is 2. The van der Waals surface area contributed by atoms with Crippen LogP contribution in [0.25, 0.3) is 0 Å². The predicted molar refractivity (Wildman–Crippen MR) is 115 cm³/mol. The number of hydrogen-bond acceptors (Lipinski definition) is 3. The Kier molecular flexibility index (Phi) is 6.47. The SMILES string of the molecule is Cc1ccc2c(c1)CCCN2CC(=O)NCc1ccc(C[NH+]2CCOCC2)cc1. The number of anilines is 1. The number of hydrogen-bond donors (Lipinski definition) is 2. The molecule has 2 aromatic carbocycles. The number of quaternary nitrogens is 1. The van der Waals surface area contributed by atoms with Crippen molar-refractivity contribution < 1.29 is 14.4 Å². The van der Waals surface area contributed by atoms with Gasteiger partial charge in [0.25, 0.3) is 0 Å². The zero-order valence-corrected chi connectivity index (χ0v) is 17.4. The Morgan fingerprint density at radius 2 is 1.86 bits per heavy atom. The van der Waals surface area contributed by atoms with Crippen molar-refractivity contribution in [1.82, 2.24) is 5.32 Å². The molecule has 0 unspecified atom stereocenters. The molecule has 154 valence electrons. The molecule has 29 heavy (non-hydrogen) atoms. The third-order valence-electron chi connectivity index (χ3n) is 5.95. The van der Waals surface area contributed by atoms with E-state index < -0.39 is 0 Å². The fraction of sp³-hybridized carbons (Fsp3) is 0.458. The molecule has 5 heteroatoms. The number of amides is 1. The summed E-state index contributed by atoms with van der Waals surface area (Å²) in [6.07, 6.45) is 2.21. The molecule has 0 spiro atoms.